The Balaban J connectivity index is 1.91. The summed E-state index contributed by atoms with van der Waals surface area (Å²) in [5, 5.41) is 0. The average molecular weight is 472 g/mol. The lowest BCUT2D eigenvalue weighted by Gasteiger charge is -2.10. The third-order valence-corrected chi connectivity index (χ3v) is 4.59. The molecule has 0 aliphatic heterocycles. The molecule has 0 bridgehead atoms. The zero-order chi connectivity index (χ0) is 25.7. The summed E-state index contributed by atoms with van der Waals surface area (Å²) in [6.45, 7) is 15.3. The molecule has 7 heteroatoms. The predicted octanol–water partition coefficient (Wildman–Crippen LogP) is 6.06. The van der Waals surface area contributed by atoms with Gasteiger partial charge in [-0.2, -0.15) is 0 Å². The van der Waals surface area contributed by atoms with Crippen molar-refractivity contribution in [2.45, 2.75) is 20.8 Å². The first-order valence-electron chi connectivity index (χ1n) is 10.5. The van der Waals surface area contributed by atoms with Gasteiger partial charge in [0.05, 0.1) is 0 Å². The molecule has 35 heavy (non-hydrogen) atoms. The third kappa shape index (κ3) is 6.45. The Morgan fingerprint density at radius 3 is 1.40 bits per heavy atom. The van der Waals surface area contributed by atoms with Crippen molar-refractivity contribution in [2.24, 2.45) is 0 Å². The van der Waals surface area contributed by atoms with Crippen LogP contribution in [0.15, 0.2) is 95.5 Å². The summed E-state index contributed by atoms with van der Waals surface area (Å²) in [7, 11) is 0. The molecule has 0 saturated heterocycles. The highest BCUT2D eigenvalue weighted by Crippen LogP contribution is 2.34. The minimum Gasteiger partial charge on any atom is -0.456 e. The first-order valence-corrected chi connectivity index (χ1v) is 10.5. The zero-order valence-electron chi connectivity index (χ0n) is 19.7. The number of hydrogen-bond acceptors (Lipinski definition) is 7. The molecule has 0 fully saturated rings. The Hall–Kier alpha value is -4.65. The molecule has 2 aromatic carbocycles. The van der Waals surface area contributed by atoms with Crippen LogP contribution in [0.2, 0.25) is 0 Å². The Bertz CT molecular complexity index is 1290. The highest BCUT2D eigenvalue weighted by Gasteiger charge is 2.15. The van der Waals surface area contributed by atoms with Gasteiger partial charge in [0.25, 0.3) is 0 Å². The van der Waals surface area contributed by atoms with Crippen molar-refractivity contribution < 1.29 is 33.0 Å². The van der Waals surface area contributed by atoms with E-state index in [0.29, 0.717) is 28.4 Å². The van der Waals surface area contributed by atoms with Crippen LogP contribution >= 0.6 is 0 Å². The second-order valence-electron chi connectivity index (χ2n) is 7.89. The molecular formula is C28H24O7. The molecule has 3 aromatic rings. The van der Waals surface area contributed by atoms with Crippen LogP contribution in [0.1, 0.15) is 20.8 Å². The van der Waals surface area contributed by atoms with Crippen molar-refractivity contribution >= 4 is 17.9 Å². The molecule has 7 nitrogen and oxygen atoms in total. The molecule has 0 atom stereocenters. The molecular weight excluding hydrogens is 448 g/mol. The molecule has 3 rings (SSSR count). The van der Waals surface area contributed by atoms with Crippen LogP contribution in [0.3, 0.4) is 0 Å². The van der Waals surface area contributed by atoms with Crippen molar-refractivity contribution in [3.8, 4) is 39.9 Å². The highest BCUT2D eigenvalue weighted by atomic mass is 16.5. The van der Waals surface area contributed by atoms with Gasteiger partial charge in [-0.3, -0.25) is 0 Å². The van der Waals surface area contributed by atoms with Crippen molar-refractivity contribution in [3.05, 3.63) is 91.1 Å². The van der Waals surface area contributed by atoms with Crippen LogP contribution in [-0.4, -0.2) is 17.9 Å². The minimum atomic E-state index is -0.619. The standard InChI is InChI=1S/C28H24O7/c1-16(2)26(29)32-21-9-7-19(8-10-21)24-11-12-25(35-24)20-13-22(33-27(30)17(3)4)15-23(14-20)34-28(31)18(5)6/h7-15H,1,3,5H2,2,4,6H3. The Morgan fingerprint density at radius 2 is 0.971 bits per heavy atom. The number of esters is 3. The monoisotopic (exact) mass is 472 g/mol. The molecule has 0 amide bonds. The van der Waals surface area contributed by atoms with Crippen LogP contribution in [0, 0.1) is 0 Å². The summed E-state index contributed by atoms with van der Waals surface area (Å²) in [4.78, 5) is 35.7. The number of furan rings is 1. The summed E-state index contributed by atoms with van der Waals surface area (Å²) in [6, 6.07) is 14.9. The first-order chi connectivity index (χ1) is 16.5. The van der Waals surface area contributed by atoms with E-state index in [0.717, 1.165) is 5.56 Å². The maximum atomic E-state index is 12.0. The van der Waals surface area contributed by atoms with Crippen LogP contribution in [-0.2, 0) is 14.4 Å². The number of carbonyl (C=O) groups is 3. The molecule has 0 spiro atoms. The van der Waals surface area contributed by atoms with Gasteiger partial charge in [0, 0.05) is 33.9 Å². The maximum absolute atomic E-state index is 12.0. The Labute approximate surface area is 202 Å². The lowest BCUT2D eigenvalue weighted by Crippen LogP contribution is -2.10. The fraction of sp³-hybridized carbons (Fsp3) is 0.107. The van der Waals surface area contributed by atoms with E-state index >= 15 is 0 Å². The van der Waals surface area contributed by atoms with Gasteiger partial charge in [-0.1, -0.05) is 19.7 Å². The molecule has 178 valence electrons. The molecule has 0 radical (unpaired) electrons. The molecule has 0 unspecified atom stereocenters. The predicted molar refractivity (Wildman–Crippen MR) is 131 cm³/mol. The number of ether oxygens (including phenoxy) is 3. The van der Waals surface area contributed by atoms with E-state index in [1.807, 2.05) is 0 Å². The van der Waals surface area contributed by atoms with Crippen molar-refractivity contribution in [1.29, 1.82) is 0 Å². The van der Waals surface area contributed by atoms with E-state index in [4.69, 9.17) is 18.6 Å². The van der Waals surface area contributed by atoms with Crippen LogP contribution in [0.4, 0.5) is 0 Å². The quantitative estimate of drug-likeness (QED) is 0.224. The number of rotatable bonds is 8. The van der Waals surface area contributed by atoms with Crippen LogP contribution < -0.4 is 14.2 Å². The normalized spacial score (nSPS) is 10.3. The molecule has 0 saturated carbocycles. The third-order valence-electron chi connectivity index (χ3n) is 4.59. The smallest absolute Gasteiger partial charge is 0.338 e. The fourth-order valence-electron chi connectivity index (χ4n) is 2.75. The van der Waals surface area contributed by atoms with Crippen molar-refractivity contribution in [2.75, 3.05) is 0 Å². The van der Waals surface area contributed by atoms with E-state index in [9.17, 15) is 14.4 Å². The summed E-state index contributed by atoms with van der Waals surface area (Å²) in [5.41, 5.74) is 1.99. The summed E-state index contributed by atoms with van der Waals surface area (Å²) in [5.74, 6) is -0.0683. The summed E-state index contributed by atoms with van der Waals surface area (Å²) < 4.78 is 21.9. The van der Waals surface area contributed by atoms with E-state index in [1.54, 1.807) is 55.5 Å². The first kappa shape index (κ1) is 25.0. The van der Waals surface area contributed by atoms with Crippen LogP contribution in [0.25, 0.3) is 22.6 Å². The lowest BCUT2D eigenvalue weighted by molar-refractivity contribution is -0.131. The molecule has 1 aromatic heterocycles. The van der Waals surface area contributed by atoms with Crippen molar-refractivity contribution in [3.63, 3.8) is 0 Å². The second kappa shape index (κ2) is 10.5. The lowest BCUT2D eigenvalue weighted by atomic mass is 10.1. The Kier molecular flexibility index (Phi) is 7.51. The summed E-state index contributed by atoms with van der Waals surface area (Å²) >= 11 is 0. The maximum Gasteiger partial charge on any atom is 0.338 e. The SMILES string of the molecule is C=C(C)C(=O)Oc1ccc(-c2ccc(-c3cc(OC(=O)C(=C)C)cc(OC(=O)C(=C)C)c3)o2)cc1. The van der Waals surface area contributed by atoms with E-state index in [2.05, 4.69) is 19.7 Å². The van der Waals surface area contributed by atoms with Gasteiger partial charge in [0.1, 0.15) is 28.8 Å². The van der Waals surface area contributed by atoms with Gasteiger partial charge in [0.2, 0.25) is 0 Å². The highest BCUT2D eigenvalue weighted by molar-refractivity contribution is 5.90. The average Bonchev–Trinajstić information content (AvgIpc) is 3.29. The fourth-order valence-corrected chi connectivity index (χ4v) is 2.75. The van der Waals surface area contributed by atoms with Gasteiger partial charge in [0.15, 0.2) is 0 Å². The van der Waals surface area contributed by atoms with Gasteiger partial charge in [-0.05, 0) is 69.3 Å². The zero-order valence-corrected chi connectivity index (χ0v) is 19.7. The van der Waals surface area contributed by atoms with Gasteiger partial charge >= 0.3 is 17.9 Å². The second-order valence-corrected chi connectivity index (χ2v) is 7.89. The summed E-state index contributed by atoms with van der Waals surface area (Å²) in [6.07, 6.45) is 0. The van der Waals surface area contributed by atoms with Crippen LogP contribution in [0.5, 0.6) is 17.2 Å². The van der Waals surface area contributed by atoms with E-state index < -0.39 is 17.9 Å². The number of benzene rings is 2. The van der Waals surface area contributed by atoms with Crippen molar-refractivity contribution in [1.82, 2.24) is 0 Å². The molecule has 0 aliphatic rings. The largest absolute Gasteiger partial charge is 0.456 e. The van der Waals surface area contributed by atoms with Gasteiger partial charge in [-0.15, -0.1) is 0 Å². The molecule has 0 N–H and O–H groups in total. The number of carbonyl (C=O) groups excluding carboxylic acids is 3. The van der Waals surface area contributed by atoms with E-state index in [-0.39, 0.29) is 22.6 Å². The minimum absolute atomic E-state index is 0.154. The van der Waals surface area contributed by atoms with Gasteiger partial charge < -0.3 is 18.6 Å². The Morgan fingerprint density at radius 1 is 0.571 bits per heavy atom. The molecule has 0 aliphatic carbocycles. The molecule has 1 heterocycles. The topological polar surface area (TPSA) is 92.0 Å². The number of hydrogen-bond donors (Lipinski definition) is 0. The van der Waals surface area contributed by atoms with Gasteiger partial charge in [-0.25, -0.2) is 14.4 Å². The van der Waals surface area contributed by atoms with E-state index in [1.165, 1.54) is 19.9 Å².